The van der Waals surface area contributed by atoms with Crippen LogP contribution < -0.4 is 20.1 Å². The normalized spacial score (nSPS) is 14.4. The van der Waals surface area contributed by atoms with Gasteiger partial charge in [-0.2, -0.15) is 0 Å². The van der Waals surface area contributed by atoms with Gasteiger partial charge in [-0.05, 0) is 42.5 Å². The van der Waals surface area contributed by atoms with E-state index in [0.717, 1.165) is 36.3 Å². The Balaban J connectivity index is 1.52. The monoisotopic (exact) mass is 354 g/mol. The van der Waals surface area contributed by atoms with Crippen molar-refractivity contribution < 1.29 is 14.3 Å². The number of hydrogen-bond acceptors (Lipinski definition) is 3. The van der Waals surface area contributed by atoms with E-state index in [4.69, 9.17) is 9.47 Å². The van der Waals surface area contributed by atoms with E-state index in [1.54, 1.807) is 7.11 Å². The van der Waals surface area contributed by atoms with Gasteiger partial charge >= 0.3 is 6.03 Å². The quantitative estimate of drug-likeness (QED) is 0.714. The molecule has 0 aromatic heterocycles. The van der Waals surface area contributed by atoms with E-state index >= 15 is 0 Å². The molecule has 0 atom stereocenters. The summed E-state index contributed by atoms with van der Waals surface area (Å²) in [6, 6.07) is 16.4. The van der Waals surface area contributed by atoms with Gasteiger partial charge in [0.15, 0.2) is 11.5 Å². The summed E-state index contributed by atoms with van der Waals surface area (Å²) in [5.74, 6) is 1.74. The van der Waals surface area contributed by atoms with Gasteiger partial charge in [0.1, 0.15) is 0 Å². The van der Waals surface area contributed by atoms with Gasteiger partial charge in [-0.3, -0.25) is 0 Å². The molecule has 3 rings (SSSR count). The van der Waals surface area contributed by atoms with Crippen LogP contribution in [-0.2, 0) is 6.42 Å². The number of aryl methyl sites for hydroxylation is 1. The lowest BCUT2D eigenvalue weighted by Gasteiger charge is -2.24. The van der Waals surface area contributed by atoms with E-state index in [1.165, 1.54) is 5.56 Å². The lowest BCUT2D eigenvalue weighted by atomic mass is 9.97. The zero-order valence-electron chi connectivity index (χ0n) is 15.2. The molecule has 0 bridgehead atoms. The molecule has 0 unspecified atom stereocenters. The van der Waals surface area contributed by atoms with Crippen molar-refractivity contribution in [2.45, 2.75) is 25.2 Å². The van der Waals surface area contributed by atoms with Crippen molar-refractivity contribution in [3.05, 3.63) is 59.7 Å². The highest BCUT2D eigenvalue weighted by atomic mass is 16.5. The van der Waals surface area contributed by atoms with Crippen LogP contribution in [0.4, 0.5) is 4.79 Å². The second-order valence-electron chi connectivity index (χ2n) is 6.49. The van der Waals surface area contributed by atoms with E-state index in [-0.39, 0.29) is 11.9 Å². The number of amides is 2. The van der Waals surface area contributed by atoms with Gasteiger partial charge in [-0.25, -0.2) is 4.79 Å². The van der Waals surface area contributed by atoms with Crippen molar-refractivity contribution in [3.8, 4) is 11.5 Å². The Morgan fingerprint density at radius 2 is 1.77 bits per heavy atom. The third kappa shape index (κ3) is 4.91. The summed E-state index contributed by atoms with van der Waals surface area (Å²) in [6.45, 7) is 1.93. The molecule has 138 valence electrons. The largest absolute Gasteiger partial charge is 0.493 e. The van der Waals surface area contributed by atoms with Crippen LogP contribution in [0.15, 0.2) is 48.5 Å². The Labute approximate surface area is 154 Å². The van der Waals surface area contributed by atoms with E-state index in [2.05, 4.69) is 34.9 Å². The van der Waals surface area contributed by atoms with E-state index < -0.39 is 0 Å². The number of hydrogen-bond donors (Lipinski definition) is 2. The molecule has 1 heterocycles. The number of unbranched alkanes of at least 4 members (excludes halogenated alkanes) is 1. The van der Waals surface area contributed by atoms with Crippen LogP contribution in [0.1, 0.15) is 29.9 Å². The van der Waals surface area contributed by atoms with Crippen molar-refractivity contribution in [3.63, 3.8) is 0 Å². The summed E-state index contributed by atoms with van der Waals surface area (Å²) >= 11 is 0. The first-order chi connectivity index (χ1) is 12.8. The number of carbonyl (C=O) groups excluding carboxylic acids is 1. The Kier molecular flexibility index (Phi) is 6.36. The number of methoxy groups -OCH3 is 1. The zero-order valence-corrected chi connectivity index (χ0v) is 15.2. The Bertz CT molecular complexity index is 708. The molecule has 1 saturated heterocycles. The molecule has 26 heavy (non-hydrogen) atoms. The number of rotatable bonds is 8. The van der Waals surface area contributed by atoms with Crippen LogP contribution in [0.2, 0.25) is 0 Å². The van der Waals surface area contributed by atoms with Crippen LogP contribution in [-0.4, -0.2) is 32.8 Å². The summed E-state index contributed by atoms with van der Waals surface area (Å²) in [5.41, 5.74) is 2.50. The van der Waals surface area contributed by atoms with E-state index in [1.807, 2.05) is 24.3 Å². The summed E-state index contributed by atoms with van der Waals surface area (Å²) < 4.78 is 11.4. The molecule has 5 heteroatoms. The number of nitrogens with one attached hydrogen (secondary N) is 2. The van der Waals surface area contributed by atoms with E-state index in [0.29, 0.717) is 19.7 Å². The molecular weight excluding hydrogens is 328 g/mol. The maximum Gasteiger partial charge on any atom is 0.314 e. The molecule has 0 radical (unpaired) electrons. The van der Waals surface area contributed by atoms with Crippen molar-refractivity contribution in [1.29, 1.82) is 0 Å². The van der Waals surface area contributed by atoms with Crippen molar-refractivity contribution in [1.82, 2.24) is 10.6 Å². The van der Waals surface area contributed by atoms with Crippen LogP contribution in [0, 0.1) is 0 Å². The Hall–Kier alpha value is -2.69. The fourth-order valence-electron chi connectivity index (χ4n) is 3.12. The molecule has 0 spiro atoms. The average Bonchev–Trinajstić information content (AvgIpc) is 2.69. The second kappa shape index (κ2) is 9.13. The van der Waals surface area contributed by atoms with Gasteiger partial charge in [-0.15, -0.1) is 0 Å². The Morgan fingerprint density at radius 1 is 1.00 bits per heavy atom. The smallest absolute Gasteiger partial charge is 0.314 e. The minimum atomic E-state index is -0.107. The van der Waals surface area contributed by atoms with Gasteiger partial charge in [0.2, 0.25) is 0 Å². The predicted octanol–water partition coefficient (Wildman–Crippen LogP) is 3.49. The van der Waals surface area contributed by atoms with Crippen LogP contribution >= 0.6 is 0 Å². The fraction of sp³-hybridized carbons (Fsp3) is 0.381. The summed E-state index contributed by atoms with van der Waals surface area (Å²) in [7, 11) is 1.65. The van der Waals surface area contributed by atoms with Crippen molar-refractivity contribution in [2.24, 2.45) is 0 Å². The van der Waals surface area contributed by atoms with Gasteiger partial charge in [0, 0.05) is 19.0 Å². The molecule has 1 fully saturated rings. The first-order valence-electron chi connectivity index (χ1n) is 9.12. The third-order valence-corrected chi connectivity index (χ3v) is 4.64. The number of carbonyl (C=O) groups is 1. The van der Waals surface area contributed by atoms with Gasteiger partial charge in [-0.1, -0.05) is 36.4 Å². The molecule has 2 amide bonds. The first-order valence-corrected chi connectivity index (χ1v) is 9.12. The van der Waals surface area contributed by atoms with Crippen LogP contribution in [0.3, 0.4) is 0 Å². The molecule has 2 aromatic rings. The van der Waals surface area contributed by atoms with Crippen molar-refractivity contribution in [2.75, 3.05) is 26.8 Å². The summed E-state index contributed by atoms with van der Waals surface area (Å²) in [6.07, 6.45) is 3.14. The second-order valence-corrected chi connectivity index (χ2v) is 6.49. The van der Waals surface area contributed by atoms with Gasteiger partial charge in [0.25, 0.3) is 0 Å². The SMILES string of the molecule is COc1ccc(C2CNC(=O)NC2)cc1OCCCCc1ccccc1. The number of benzene rings is 2. The van der Waals surface area contributed by atoms with Gasteiger partial charge in [0.05, 0.1) is 13.7 Å². The lowest BCUT2D eigenvalue weighted by Crippen LogP contribution is -2.47. The highest BCUT2D eigenvalue weighted by Gasteiger charge is 2.20. The zero-order chi connectivity index (χ0) is 18.2. The molecule has 5 nitrogen and oxygen atoms in total. The molecule has 1 aliphatic heterocycles. The molecule has 2 N–H and O–H groups in total. The standard InChI is InChI=1S/C21H26N2O3/c1-25-19-11-10-17(18-14-22-21(24)23-15-18)13-20(19)26-12-6-5-9-16-7-3-2-4-8-16/h2-4,7-8,10-11,13,18H,5-6,9,12,14-15H2,1H3,(H2,22,23,24). The third-order valence-electron chi connectivity index (χ3n) is 4.64. The minimum Gasteiger partial charge on any atom is -0.493 e. The molecule has 2 aromatic carbocycles. The lowest BCUT2D eigenvalue weighted by molar-refractivity contribution is 0.234. The summed E-state index contributed by atoms with van der Waals surface area (Å²) in [5, 5.41) is 5.66. The number of urea groups is 1. The maximum absolute atomic E-state index is 11.2. The molecule has 0 saturated carbocycles. The highest BCUT2D eigenvalue weighted by molar-refractivity contribution is 5.75. The Morgan fingerprint density at radius 3 is 2.50 bits per heavy atom. The molecule has 1 aliphatic rings. The van der Waals surface area contributed by atoms with E-state index in [9.17, 15) is 4.79 Å². The first kappa shape index (κ1) is 18.1. The number of ether oxygens (including phenoxy) is 2. The molecular formula is C21H26N2O3. The minimum absolute atomic E-state index is 0.107. The van der Waals surface area contributed by atoms with Crippen molar-refractivity contribution >= 4 is 6.03 Å². The summed E-state index contributed by atoms with van der Waals surface area (Å²) in [4.78, 5) is 11.2. The fourth-order valence-corrected chi connectivity index (χ4v) is 3.12. The van der Waals surface area contributed by atoms with Crippen LogP contribution in [0.25, 0.3) is 0 Å². The molecule has 0 aliphatic carbocycles. The average molecular weight is 354 g/mol. The van der Waals surface area contributed by atoms with Crippen LogP contribution in [0.5, 0.6) is 11.5 Å². The van der Waals surface area contributed by atoms with Gasteiger partial charge < -0.3 is 20.1 Å². The maximum atomic E-state index is 11.2. The predicted molar refractivity (Wildman–Crippen MR) is 102 cm³/mol. The topological polar surface area (TPSA) is 59.6 Å². The highest BCUT2D eigenvalue weighted by Crippen LogP contribution is 2.31.